The van der Waals surface area contributed by atoms with Crippen molar-refractivity contribution in [2.75, 3.05) is 5.43 Å². The molecule has 1 aliphatic rings. The first-order valence-corrected chi connectivity index (χ1v) is 6.63. The van der Waals surface area contributed by atoms with E-state index in [1.807, 2.05) is 0 Å². The Balaban J connectivity index is 2.07. The summed E-state index contributed by atoms with van der Waals surface area (Å²) in [5, 5.41) is 0. The van der Waals surface area contributed by atoms with Crippen LogP contribution >= 0.6 is 15.9 Å². The number of nitrogen functional groups attached to an aromatic ring is 1. The number of hydrogen-bond donors (Lipinski definition) is 2. The highest BCUT2D eigenvalue weighted by Gasteiger charge is 2.22. The monoisotopic (exact) mass is 300 g/mol. The molecule has 1 aliphatic carbocycles. The minimum atomic E-state index is 0.246. The highest BCUT2D eigenvalue weighted by Crippen LogP contribution is 2.32. The Morgan fingerprint density at radius 2 is 2.29 bits per heavy atom. The minimum Gasteiger partial charge on any atom is -0.473 e. The van der Waals surface area contributed by atoms with E-state index in [0.717, 1.165) is 18.8 Å². The number of nitrogens with zero attached hydrogens (tertiary/aromatic N) is 2. The fourth-order valence-corrected chi connectivity index (χ4v) is 2.59. The Morgan fingerprint density at radius 1 is 1.47 bits per heavy atom. The quantitative estimate of drug-likeness (QED) is 0.663. The van der Waals surface area contributed by atoms with Crippen LogP contribution in [0.2, 0.25) is 0 Å². The largest absolute Gasteiger partial charge is 0.473 e. The van der Waals surface area contributed by atoms with Crippen LogP contribution in [0.1, 0.15) is 32.6 Å². The average molecular weight is 301 g/mol. The van der Waals surface area contributed by atoms with Crippen molar-refractivity contribution in [3.63, 3.8) is 0 Å². The van der Waals surface area contributed by atoms with Crippen LogP contribution < -0.4 is 16.0 Å². The van der Waals surface area contributed by atoms with E-state index in [2.05, 4.69) is 38.2 Å². The standard InChI is InChI=1S/C11H17BrN4O/c1-7-3-2-4-8(5-7)17-11-9(12)10(16-13)14-6-15-11/h6-8H,2-5,13H2,1H3,(H,14,15,16). The van der Waals surface area contributed by atoms with E-state index in [4.69, 9.17) is 10.6 Å². The fraction of sp³-hybridized carbons (Fsp3) is 0.636. The summed E-state index contributed by atoms with van der Waals surface area (Å²) in [5.41, 5.74) is 2.50. The van der Waals surface area contributed by atoms with Gasteiger partial charge >= 0.3 is 0 Å². The molecular weight excluding hydrogens is 284 g/mol. The van der Waals surface area contributed by atoms with Crippen LogP contribution in [-0.4, -0.2) is 16.1 Å². The highest BCUT2D eigenvalue weighted by molar-refractivity contribution is 9.10. The summed E-state index contributed by atoms with van der Waals surface area (Å²) in [5.74, 6) is 7.18. The molecule has 0 aliphatic heterocycles. The Kier molecular flexibility index (Phi) is 4.17. The summed E-state index contributed by atoms with van der Waals surface area (Å²) >= 11 is 3.39. The maximum atomic E-state index is 5.91. The molecule has 1 aromatic heterocycles. The van der Waals surface area contributed by atoms with Crippen LogP contribution in [0, 0.1) is 5.92 Å². The van der Waals surface area contributed by atoms with E-state index in [9.17, 15) is 0 Å². The van der Waals surface area contributed by atoms with Crippen LogP contribution in [0.15, 0.2) is 10.8 Å². The van der Waals surface area contributed by atoms with Gasteiger partial charge in [0.2, 0.25) is 5.88 Å². The zero-order valence-electron chi connectivity index (χ0n) is 9.82. The van der Waals surface area contributed by atoms with Crippen LogP contribution in [0.5, 0.6) is 5.88 Å². The lowest BCUT2D eigenvalue weighted by molar-refractivity contribution is 0.123. The maximum Gasteiger partial charge on any atom is 0.233 e. The molecule has 2 rings (SSSR count). The van der Waals surface area contributed by atoms with Crippen LogP contribution in [-0.2, 0) is 0 Å². The minimum absolute atomic E-state index is 0.246. The van der Waals surface area contributed by atoms with Crippen molar-refractivity contribution in [3.8, 4) is 5.88 Å². The SMILES string of the molecule is CC1CCCC(Oc2ncnc(NN)c2Br)C1. The number of anilines is 1. The Labute approximate surface area is 109 Å². The molecule has 0 bridgehead atoms. The number of ether oxygens (including phenoxy) is 1. The summed E-state index contributed by atoms with van der Waals surface area (Å²) < 4.78 is 6.59. The van der Waals surface area contributed by atoms with Gasteiger partial charge in [0.25, 0.3) is 0 Å². The Morgan fingerprint density at radius 3 is 3.00 bits per heavy atom. The second-order valence-electron chi connectivity index (χ2n) is 4.50. The zero-order chi connectivity index (χ0) is 12.3. The van der Waals surface area contributed by atoms with E-state index in [0.29, 0.717) is 16.2 Å². The van der Waals surface area contributed by atoms with Gasteiger partial charge in [-0.15, -0.1) is 0 Å². The number of hydrogen-bond acceptors (Lipinski definition) is 5. The molecular formula is C11H17BrN4O. The first kappa shape index (κ1) is 12.6. The molecule has 1 saturated carbocycles. The van der Waals surface area contributed by atoms with Crippen molar-refractivity contribution in [2.24, 2.45) is 11.8 Å². The first-order chi connectivity index (χ1) is 8.20. The molecule has 1 aromatic rings. The third-order valence-corrected chi connectivity index (χ3v) is 3.78. The number of halogens is 1. The van der Waals surface area contributed by atoms with Crippen molar-refractivity contribution in [1.82, 2.24) is 9.97 Å². The zero-order valence-corrected chi connectivity index (χ0v) is 11.4. The van der Waals surface area contributed by atoms with E-state index in [1.165, 1.54) is 19.2 Å². The number of nitrogens with two attached hydrogens (primary N) is 1. The lowest BCUT2D eigenvalue weighted by Crippen LogP contribution is -2.24. The van der Waals surface area contributed by atoms with Gasteiger partial charge in [-0.3, -0.25) is 0 Å². The molecule has 0 aromatic carbocycles. The van der Waals surface area contributed by atoms with Gasteiger partial charge in [-0.1, -0.05) is 13.3 Å². The predicted octanol–water partition coefficient (Wildman–Crippen LogP) is 2.48. The molecule has 5 nitrogen and oxygen atoms in total. The van der Waals surface area contributed by atoms with Gasteiger partial charge in [0.1, 0.15) is 16.9 Å². The third kappa shape index (κ3) is 3.07. The third-order valence-electron chi connectivity index (χ3n) is 3.06. The average Bonchev–Trinajstić information content (AvgIpc) is 2.32. The number of rotatable bonds is 3. The lowest BCUT2D eigenvalue weighted by atomic mass is 9.89. The van der Waals surface area contributed by atoms with E-state index < -0.39 is 0 Å². The topological polar surface area (TPSA) is 73.1 Å². The van der Waals surface area contributed by atoms with Gasteiger partial charge in [-0.25, -0.2) is 15.8 Å². The van der Waals surface area contributed by atoms with Crippen molar-refractivity contribution in [1.29, 1.82) is 0 Å². The van der Waals surface area contributed by atoms with Crippen LogP contribution in [0.25, 0.3) is 0 Å². The van der Waals surface area contributed by atoms with Gasteiger partial charge in [0, 0.05) is 0 Å². The molecule has 1 fully saturated rings. The molecule has 0 amide bonds. The smallest absolute Gasteiger partial charge is 0.233 e. The van der Waals surface area contributed by atoms with E-state index >= 15 is 0 Å². The molecule has 0 spiro atoms. The second-order valence-corrected chi connectivity index (χ2v) is 5.29. The molecule has 3 N–H and O–H groups in total. The van der Waals surface area contributed by atoms with Crippen molar-refractivity contribution in [2.45, 2.75) is 38.7 Å². The molecule has 2 unspecified atom stereocenters. The Hall–Kier alpha value is -0.880. The molecule has 1 heterocycles. The molecule has 6 heteroatoms. The first-order valence-electron chi connectivity index (χ1n) is 5.84. The Bertz CT molecular complexity index is 388. The fourth-order valence-electron chi connectivity index (χ4n) is 2.18. The number of hydrazine groups is 1. The van der Waals surface area contributed by atoms with Crippen molar-refractivity contribution in [3.05, 3.63) is 10.8 Å². The second kappa shape index (κ2) is 5.64. The van der Waals surface area contributed by atoms with Gasteiger partial charge in [-0.05, 0) is 41.1 Å². The summed E-state index contributed by atoms with van der Waals surface area (Å²) in [7, 11) is 0. The van der Waals surface area contributed by atoms with Crippen molar-refractivity contribution < 1.29 is 4.74 Å². The van der Waals surface area contributed by atoms with Crippen molar-refractivity contribution >= 4 is 21.7 Å². The molecule has 0 saturated heterocycles. The molecule has 94 valence electrons. The van der Waals surface area contributed by atoms with Crippen LogP contribution in [0.4, 0.5) is 5.82 Å². The van der Waals surface area contributed by atoms with Gasteiger partial charge in [-0.2, -0.15) is 0 Å². The summed E-state index contributed by atoms with van der Waals surface area (Å²) in [4.78, 5) is 8.12. The van der Waals surface area contributed by atoms with Gasteiger partial charge in [0.05, 0.1) is 0 Å². The summed E-state index contributed by atoms with van der Waals surface area (Å²) in [6.45, 7) is 2.26. The summed E-state index contributed by atoms with van der Waals surface area (Å²) in [6.07, 6.45) is 6.38. The normalized spacial score (nSPS) is 24.4. The summed E-state index contributed by atoms with van der Waals surface area (Å²) in [6, 6.07) is 0. The van der Waals surface area contributed by atoms with Gasteiger partial charge < -0.3 is 10.2 Å². The number of nitrogens with one attached hydrogen (secondary N) is 1. The van der Waals surface area contributed by atoms with Gasteiger partial charge in [0.15, 0.2) is 5.82 Å². The van der Waals surface area contributed by atoms with E-state index in [-0.39, 0.29) is 6.10 Å². The van der Waals surface area contributed by atoms with Crippen LogP contribution in [0.3, 0.4) is 0 Å². The molecule has 2 atom stereocenters. The maximum absolute atomic E-state index is 5.91. The molecule has 0 radical (unpaired) electrons. The number of aromatic nitrogens is 2. The highest BCUT2D eigenvalue weighted by atomic mass is 79.9. The molecule has 17 heavy (non-hydrogen) atoms. The predicted molar refractivity (Wildman–Crippen MR) is 69.6 cm³/mol. The van der Waals surface area contributed by atoms with E-state index in [1.54, 1.807) is 0 Å². The lowest BCUT2D eigenvalue weighted by Gasteiger charge is -2.27.